The molecule has 61 heavy (non-hydrogen) atoms. The predicted molar refractivity (Wildman–Crippen MR) is 225 cm³/mol. The molecule has 8 bridgehead atoms. The molecule has 0 saturated carbocycles. The Bertz CT molecular complexity index is 3030. The van der Waals surface area contributed by atoms with Crippen LogP contribution in [-0.2, 0) is 5.92 Å². The lowest BCUT2D eigenvalue weighted by atomic mass is 9.94. The molecule has 4 nitrogen and oxygen atoms in total. The first-order chi connectivity index (χ1) is 29.2. The Morgan fingerprint density at radius 3 is 1.23 bits per heavy atom. The van der Waals surface area contributed by atoms with E-state index in [-0.39, 0.29) is 27.9 Å². The van der Waals surface area contributed by atoms with Gasteiger partial charge in [0, 0.05) is 38.8 Å². The molecule has 3 aromatic heterocycles. The lowest BCUT2D eigenvalue weighted by Crippen LogP contribution is -2.59. The SMILES string of the molecule is FC(F)(Cl)C(F)(F)C(F)(F)C(F)(F)c1cc2[nH]c1c(-c1ccccc1)c1nc(c(-c3ccccc3)c3nc(c(-c4ccccc4)c4ccc([nH]4)c2-c2ccccc2)C=C3)C=C1. The maximum atomic E-state index is 16.8. The number of alkyl halides is 9. The Hall–Kier alpha value is -6.79. The summed E-state index contributed by atoms with van der Waals surface area (Å²) >= 11 is 4.46. The second-order valence-corrected chi connectivity index (χ2v) is 14.8. The molecule has 13 heteroatoms. The Morgan fingerprint density at radius 2 is 0.770 bits per heavy atom. The minimum absolute atomic E-state index is 0.0309. The van der Waals surface area contributed by atoms with Gasteiger partial charge >= 0.3 is 23.1 Å². The molecule has 2 aliphatic heterocycles. The molecule has 0 radical (unpaired) electrons. The van der Waals surface area contributed by atoms with E-state index in [4.69, 9.17) is 9.97 Å². The minimum atomic E-state index is -6.73. The highest BCUT2D eigenvalue weighted by molar-refractivity contribution is 6.22. The number of benzene rings is 4. The van der Waals surface area contributed by atoms with Gasteiger partial charge in [-0.25, -0.2) is 9.97 Å². The van der Waals surface area contributed by atoms with Crippen LogP contribution < -0.4 is 0 Å². The molecular formula is C48H29ClF8N4. The van der Waals surface area contributed by atoms with Crippen molar-refractivity contribution in [3.63, 3.8) is 0 Å². The van der Waals surface area contributed by atoms with Crippen LogP contribution in [0.1, 0.15) is 28.3 Å². The molecule has 9 rings (SSSR count). The van der Waals surface area contributed by atoms with Crippen LogP contribution in [0.4, 0.5) is 35.1 Å². The van der Waals surface area contributed by atoms with Crippen molar-refractivity contribution in [2.24, 2.45) is 0 Å². The van der Waals surface area contributed by atoms with Gasteiger partial charge in [0.05, 0.1) is 33.9 Å². The molecule has 2 aliphatic rings. The van der Waals surface area contributed by atoms with E-state index < -0.39 is 34.2 Å². The third-order valence-electron chi connectivity index (χ3n) is 10.6. The number of hydrogen-bond acceptors (Lipinski definition) is 2. The van der Waals surface area contributed by atoms with Gasteiger partial charge in [0.15, 0.2) is 0 Å². The molecule has 0 amide bonds. The molecular weight excluding hydrogens is 820 g/mol. The van der Waals surface area contributed by atoms with E-state index >= 15 is 17.6 Å². The maximum absolute atomic E-state index is 16.8. The van der Waals surface area contributed by atoms with Crippen molar-refractivity contribution in [2.45, 2.75) is 23.1 Å². The van der Waals surface area contributed by atoms with Gasteiger partial charge in [0.2, 0.25) is 0 Å². The average molecular weight is 849 g/mol. The van der Waals surface area contributed by atoms with E-state index in [9.17, 15) is 17.6 Å². The first-order valence-corrected chi connectivity index (χ1v) is 19.2. The van der Waals surface area contributed by atoms with Crippen molar-refractivity contribution >= 4 is 58.0 Å². The van der Waals surface area contributed by atoms with Crippen LogP contribution in [0.15, 0.2) is 140 Å². The van der Waals surface area contributed by atoms with E-state index in [0.717, 1.165) is 5.56 Å². The van der Waals surface area contributed by atoms with Crippen molar-refractivity contribution in [1.29, 1.82) is 0 Å². The van der Waals surface area contributed by atoms with E-state index in [1.807, 2.05) is 72.8 Å². The van der Waals surface area contributed by atoms with Gasteiger partial charge in [0.25, 0.3) is 0 Å². The summed E-state index contributed by atoms with van der Waals surface area (Å²) in [7, 11) is 0. The quantitative estimate of drug-likeness (QED) is 0.118. The molecule has 0 fully saturated rings. The molecule has 0 atom stereocenters. The molecule has 5 heterocycles. The van der Waals surface area contributed by atoms with Crippen LogP contribution in [0.3, 0.4) is 0 Å². The van der Waals surface area contributed by atoms with Crippen molar-refractivity contribution in [2.75, 3.05) is 0 Å². The van der Waals surface area contributed by atoms with E-state index in [1.165, 1.54) is 18.2 Å². The third-order valence-corrected chi connectivity index (χ3v) is 10.8. The fourth-order valence-electron chi connectivity index (χ4n) is 7.71. The van der Waals surface area contributed by atoms with Crippen LogP contribution >= 0.6 is 11.6 Å². The highest BCUT2D eigenvalue weighted by atomic mass is 35.5. The largest absolute Gasteiger partial charge is 0.393 e. The number of aromatic amines is 2. The standard InChI is InChI=1S/C48H29ClF8N4/c49-48(56,57)47(54,55)46(52,53)45(50,51)32-27-39-42(30-17-9-3-10-18-30)37-24-23-35(59-37)40(28-13-5-1-6-14-28)33-21-22-34(58-33)41(29-15-7-2-8-16-29)36-25-26-38(60-36)43(44(32)61-39)31-19-11-4-12-20-31/h1-27,59,61H. The van der Waals surface area contributed by atoms with Gasteiger partial charge in [-0.2, -0.15) is 35.1 Å². The molecule has 0 saturated heterocycles. The number of halogens is 9. The second kappa shape index (κ2) is 14.7. The molecule has 0 spiro atoms. The first-order valence-electron chi connectivity index (χ1n) is 18.8. The summed E-state index contributed by atoms with van der Waals surface area (Å²) < 4.78 is 123. The van der Waals surface area contributed by atoms with Crippen molar-refractivity contribution in [1.82, 2.24) is 19.9 Å². The highest BCUT2D eigenvalue weighted by Gasteiger charge is 2.81. The fraction of sp³-hybridized carbons (Fsp3) is 0.0833. The van der Waals surface area contributed by atoms with E-state index in [2.05, 4.69) is 21.6 Å². The van der Waals surface area contributed by atoms with Crippen LogP contribution in [0, 0.1) is 0 Å². The van der Waals surface area contributed by atoms with Crippen LogP contribution in [-0.4, -0.2) is 37.2 Å². The molecule has 7 aromatic rings. The number of nitrogens with zero attached hydrogens (tertiary/aromatic N) is 2. The maximum Gasteiger partial charge on any atom is 0.393 e. The zero-order valence-corrected chi connectivity index (χ0v) is 32.1. The monoisotopic (exact) mass is 848 g/mol. The summed E-state index contributed by atoms with van der Waals surface area (Å²) in [4.78, 5) is 16.3. The van der Waals surface area contributed by atoms with E-state index in [1.54, 1.807) is 66.7 Å². The van der Waals surface area contributed by atoms with E-state index in [0.29, 0.717) is 56.4 Å². The zero-order valence-electron chi connectivity index (χ0n) is 31.4. The Balaban J connectivity index is 1.54. The smallest absolute Gasteiger partial charge is 0.354 e. The Labute approximate surface area is 347 Å². The van der Waals surface area contributed by atoms with Crippen molar-refractivity contribution < 1.29 is 35.1 Å². The first kappa shape index (κ1) is 39.7. The number of H-pyrrole nitrogens is 2. The summed E-state index contributed by atoms with van der Waals surface area (Å²) in [5.74, 6) is -19.4. The minimum Gasteiger partial charge on any atom is -0.354 e. The normalized spacial score (nSPS) is 13.2. The van der Waals surface area contributed by atoms with Gasteiger partial charge in [-0.05, 0) is 76.4 Å². The lowest BCUT2D eigenvalue weighted by molar-refractivity contribution is -0.352. The Kier molecular flexibility index (Phi) is 9.58. The highest BCUT2D eigenvalue weighted by Crippen LogP contribution is 2.58. The topological polar surface area (TPSA) is 57.4 Å². The van der Waals surface area contributed by atoms with Gasteiger partial charge < -0.3 is 9.97 Å². The van der Waals surface area contributed by atoms with Gasteiger partial charge in [-0.15, -0.1) is 0 Å². The molecule has 2 N–H and O–H groups in total. The van der Waals surface area contributed by atoms with Gasteiger partial charge in [-0.3, -0.25) is 0 Å². The molecule has 304 valence electrons. The molecule has 0 unspecified atom stereocenters. The third kappa shape index (κ3) is 6.62. The van der Waals surface area contributed by atoms with Crippen LogP contribution in [0.25, 0.3) is 90.9 Å². The predicted octanol–water partition coefficient (Wildman–Crippen LogP) is 14.5. The number of rotatable bonds is 8. The number of hydrogen-bond donors (Lipinski definition) is 2. The van der Waals surface area contributed by atoms with Crippen LogP contribution in [0.2, 0.25) is 0 Å². The summed E-state index contributed by atoms with van der Waals surface area (Å²) in [6.07, 6.45) is 6.78. The summed E-state index contributed by atoms with van der Waals surface area (Å²) in [5, 5.41) is -6.06. The van der Waals surface area contributed by atoms with Crippen LogP contribution in [0.5, 0.6) is 0 Å². The second-order valence-electron chi connectivity index (χ2n) is 14.4. The summed E-state index contributed by atoms with van der Waals surface area (Å²) in [6, 6.07) is 38.5. The lowest BCUT2D eigenvalue weighted by Gasteiger charge is -2.34. The number of nitrogens with one attached hydrogen (secondary N) is 2. The number of aromatic nitrogens is 4. The summed E-state index contributed by atoms with van der Waals surface area (Å²) in [6.45, 7) is 0. The Morgan fingerprint density at radius 1 is 0.393 bits per heavy atom. The van der Waals surface area contributed by atoms with Crippen molar-refractivity contribution in [3.8, 4) is 44.5 Å². The fourth-order valence-corrected chi connectivity index (χ4v) is 7.83. The van der Waals surface area contributed by atoms with Gasteiger partial charge in [0.1, 0.15) is 0 Å². The van der Waals surface area contributed by atoms with Gasteiger partial charge in [-0.1, -0.05) is 121 Å². The van der Waals surface area contributed by atoms with Crippen molar-refractivity contribution in [3.05, 3.63) is 168 Å². The molecule has 0 aliphatic carbocycles. The molecule has 4 aromatic carbocycles. The average Bonchev–Trinajstić information content (AvgIpc) is 4.09. The number of fused-ring (bicyclic) bond motifs is 8. The summed E-state index contributed by atoms with van der Waals surface area (Å²) in [5.41, 5.74) is 2.62. The zero-order chi connectivity index (χ0) is 42.7.